The Hall–Kier alpha value is -6.06. The van der Waals surface area contributed by atoms with E-state index in [9.17, 15) is 0 Å². The second-order valence-electron chi connectivity index (χ2n) is 14.2. The molecule has 2 aliphatic rings. The van der Waals surface area contributed by atoms with E-state index in [1.54, 1.807) is 0 Å². The number of benzene rings is 6. The van der Waals surface area contributed by atoms with Crippen LogP contribution in [0.15, 0.2) is 162 Å². The van der Waals surface area contributed by atoms with Gasteiger partial charge < -0.3 is 0 Å². The monoisotopic (exact) mass is 641 g/mol. The molecule has 0 N–H and O–H groups in total. The lowest BCUT2D eigenvalue weighted by molar-refractivity contribution is 0.608. The molecular formula is C47H35N3. The smallest absolute Gasteiger partial charge is 0.137 e. The predicted molar refractivity (Wildman–Crippen MR) is 210 cm³/mol. The highest BCUT2D eigenvalue weighted by atomic mass is 15.1. The fourth-order valence-electron chi connectivity index (χ4n) is 8.43. The zero-order chi connectivity index (χ0) is 33.4. The largest absolute Gasteiger partial charge is 0.294 e. The van der Waals surface area contributed by atoms with E-state index in [2.05, 4.69) is 164 Å². The number of pyridine rings is 1. The summed E-state index contributed by atoms with van der Waals surface area (Å²) in [4.78, 5) is 10.8. The maximum atomic E-state index is 5.65. The van der Waals surface area contributed by atoms with Crippen molar-refractivity contribution in [2.24, 2.45) is 4.99 Å². The normalized spacial score (nSPS) is 16.6. The van der Waals surface area contributed by atoms with Gasteiger partial charge in [0.15, 0.2) is 0 Å². The van der Waals surface area contributed by atoms with E-state index in [-0.39, 0.29) is 5.41 Å². The minimum absolute atomic E-state index is 0.0634. The minimum atomic E-state index is -0.0634. The number of nitrogens with zero attached hydrogens (tertiary/aromatic N) is 3. The number of hydrogen-bond donors (Lipinski definition) is 0. The molecule has 0 saturated carbocycles. The Morgan fingerprint density at radius 3 is 2.12 bits per heavy atom. The quantitative estimate of drug-likeness (QED) is 0.189. The van der Waals surface area contributed by atoms with Gasteiger partial charge in [0.1, 0.15) is 5.82 Å². The molecule has 238 valence electrons. The number of aromatic nitrogens is 2. The van der Waals surface area contributed by atoms with Crippen LogP contribution in [0.2, 0.25) is 0 Å². The average molecular weight is 642 g/mol. The molecule has 2 aromatic heterocycles. The summed E-state index contributed by atoms with van der Waals surface area (Å²) >= 11 is 0. The highest BCUT2D eigenvalue weighted by molar-refractivity contribution is 6.33. The predicted octanol–water partition coefficient (Wildman–Crippen LogP) is 11.9. The highest BCUT2D eigenvalue weighted by Gasteiger charge is 2.38. The fourth-order valence-corrected chi connectivity index (χ4v) is 8.43. The summed E-state index contributed by atoms with van der Waals surface area (Å²) in [5, 5.41) is 7.38. The first kappa shape index (κ1) is 28.9. The molecule has 0 amide bonds. The molecule has 6 aromatic carbocycles. The van der Waals surface area contributed by atoms with E-state index in [1.165, 1.54) is 49.0 Å². The summed E-state index contributed by atoms with van der Waals surface area (Å²) < 4.78 is 2.31. The van der Waals surface area contributed by atoms with Crippen LogP contribution in [0.25, 0.3) is 60.4 Å². The first-order valence-electron chi connectivity index (χ1n) is 17.6. The molecule has 0 fully saturated rings. The first-order valence-corrected chi connectivity index (χ1v) is 17.6. The van der Waals surface area contributed by atoms with Crippen LogP contribution in [0.1, 0.15) is 48.9 Å². The van der Waals surface area contributed by atoms with Crippen LogP contribution < -0.4 is 0 Å². The van der Waals surface area contributed by atoms with Crippen LogP contribution in [-0.4, -0.2) is 15.3 Å². The molecule has 0 saturated heterocycles. The van der Waals surface area contributed by atoms with Gasteiger partial charge in [0.2, 0.25) is 0 Å². The van der Waals surface area contributed by atoms with E-state index in [4.69, 9.17) is 9.98 Å². The van der Waals surface area contributed by atoms with Gasteiger partial charge in [0, 0.05) is 44.6 Å². The Balaban J connectivity index is 1.15. The van der Waals surface area contributed by atoms with Crippen molar-refractivity contribution >= 4 is 60.3 Å². The third kappa shape index (κ3) is 4.36. The number of allylic oxidation sites excluding steroid dienone is 3. The molecule has 50 heavy (non-hydrogen) atoms. The summed E-state index contributed by atoms with van der Waals surface area (Å²) in [6.45, 7) is 4.71. The Labute approximate surface area is 291 Å². The molecule has 0 bridgehead atoms. The van der Waals surface area contributed by atoms with Crippen molar-refractivity contribution < 1.29 is 0 Å². The SMILES string of the molecule is CC1(C)C2=C(N=C(c3ccc4ccccc4c3)/C(c3ccc(-n4c5ccccc5c5cc6ccccc6cc54)nc3)=C\CC2)c2ccccc21. The molecule has 0 unspecified atom stereocenters. The van der Waals surface area contributed by atoms with E-state index in [0.717, 1.165) is 57.8 Å². The summed E-state index contributed by atoms with van der Waals surface area (Å²) in [6, 6.07) is 50.4. The third-order valence-electron chi connectivity index (χ3n) is 11.0. The maximum Gasteiger partial charge on any atom is 0.137 e. The summed E-state index contributed by atoms with van der Waals surface area (Å²) in [7, 11) is 0. The van der Waals surface area contributed by atoms with Crippen LogP contribution in [-0.2, 0) is 5.41 Å². The van der Waals surface area contributed by atoms with Crippen LogP contribution in [0, 0.1) is 0 Å². The molecule has 1 aliphatic carbocycles. The molecule has 0 spiro atoms. The number of rotatable bonds is 3. The molecule has 10 rings (SSSR count). The van der Waals surface area contributed by atoms with E-state index >= 15 is 0 Å². The number of aliphatic imine (C=N–C) groups is 1. The van der Waals surface area contributed by atoms with Crippen LogP contribution in [0.5, 0.6) is 0 Å². The van der Waals surface area contributed by atoms with Crippen LogP contribution in [0.3, 0.4) is 0 Å². The molecule has 3 nitrogen and oxygen atoms in total. The zero-order valence-corrected chi connectivity index (χ0v) is 28.2. The van der Waals surface area contributed by atoms with Crippen molar-refractivity contribution in [3.63, 3.8) is 0 Å². The Kier molecular flexibility index (Phi) is 6.35. The third-order valence-corrected chi connectivity index (χ3v) is 11.0. The van der Waals surface area contributed by atoms with Crippen molar-refractivity contribution in [1.82, 2.24) is 9.55 Å². The molecule has 3 heteroatoms. The van der Waals surface area contributed by atoms with E-state index in [1.807, 2.05) is 6.20 Å². The van der Waals surface area contributed by atoms with Gasteiger partial charge in [-0.15, -0.1) is 0 Å². The first-order chi connectivity index (χ1) is 24.5. The average Bonchev–Trinajstić information content (AvgIpc) is 3.57. The van der Waals surface area contributed by atoms with Crippen molar-refractivity contribution in [3.8, 4) is 5.82 Å². The number of hydrogen-bond acceptors (Lipinski definition) is 2. The Morgan fingerprint density at radius 2 is 1.30 bits per heavy atom. The Morgan fingerprint density at radius 1 is 0.600 bits per heavy atom. The van der Waals surface area contributed by atoms with E-state index in [0.29, 0.717) is 0 Å². The van der Waals surface area contributed by atoms with Gasteiger partial charge in [0.25, 0.3) is 0 Å². The van der Waals surface area contributed by atoms with Crippen molar-refractivity contribution in [3.05, 3.63) is 180 Å². The van der Waals surface area contributed by atoms with Crippen LogP contribution in [0.4, 0.5) is 0 Å². The van der Waals surface area contributed by atoms with E-state index < -0.39 is 0 Å². The van der Waals surface area contributed by atoms with Crippen molar-refractivity contribution in [2.45, 2.75) is 32.1 Å². The van der Waals surface area contributed by atoms with Gasteiger partial charge in [-0.25, -0.2) is 9.98 Å². The van der Waals surface area contributed by atoms with Gasteiger partial charge in [-0.2, -0.15) is 0 Å². The topological polar surface area (TPSA) is 30.2 Å². The van der Waals surface area contributed by atoms with Crippen molar-refractivity contribution in [1.29, 1.82) is 0 Å². The minimum Gasteiger partial charge on any atom is -0.294 e. The van der Waals surface area contributed by atoms with Crippen molar-refractivity contribution in [2.75, 3.05) is 0 Å². The highest BCUT2D eigenvalue weighted by Crippen LogP contribution is 2.49. The molecular weight excluding hydrogens is 607 g/mol. The van der Waals surface area contributed by atoms with Gasteiger partial charge in [-0.05, 0) is 81.9 Å². The van der Waals surface area contributed by atoms with Crippen LogP contribution >= 0.6 is 0 Å². The fraction of sp³-hybridized carbons (Fsp3) is 0.106. The Bertz CT molecular complexity index is 2770. The molecule has 0 radical (unpaired) electrons. The van der Waals surface area contributed by atoms with Gasteiger partial charge >= 0.3 is 0 Å². The summed E-state index contributed by atoms with van der Waals surface area (Å²) in [5.41, 5.74) is 11.7. The molecule has 1 aliphatic heterocycles. The van der Waals surface area contributed by atoms with Gasteiger partial charge in [-0.1, -0.05) is 123 Å². The number of para-hydroxylation sites is 1. The molecule has 3 heterocycles. The standard InChI is InChI=1S/C47H35N3/c1-47(2)40-19-9-7-17-38(40)46-41(47)20-11-18-36(45(49-46)34-23-22-30-12-3-4-13-31(30)26-34)35-24-25-44(48-29-35)50-42-21-10-8-16-37(42)39-27-32-14-5-6-15-33(32)28-43(39)50/h3-10,12-19,21-29H,11,20H2,1-2H3/b36-18-,49-45?. The number of fused-ring (bicyclic) bond motifs is 7. The lowest BCUT2D eigenvalue weighted by atomic mass is 9.79. The lowest BCUT2D eigenvalue weighted by Crippen LogP contribution is -2.17. The van der Waals surface area contributed by atoms with Gasteiger partial charge in [0.05, 0.1) is 22.4 Å². The van der Waals surface area contributed by atoms with Gasteiger partial charge in [-0.3, -0.25) is 4.57 Å². The second-order valence-corrected chi connectivity index (χ2v) is 14.2. The molecule has 8 aromatic rings. The lowest BCUT2D eigenvalue weighted by Gasteiger charge is -2.25. The summed E-state index contributed by atoms with van der Waals surface area (Å²) in [5.74, 6) is 0.905. The molecule has 0 atom stereocenters. The maximum absolute atomic E-state index is 5.65. The second kappa shape index (κ2) is 11.0. The summed E-state index contributed by atoms with van der Waals surface area (Å²) in [6.07, 6.45) is 6.33. The zero-order valence-electron chi connectivity index (χ0n) is 28.2.